The molecule has 0 aliphatic carbocycles. The van der Waals surface area contributed by atoms with E-state index < -0.39 is 0 Å². The van der Waals surface area contributed by atoms with Gasteiger partial charge in [0.2, 0.25) is 0 Å². The molecule has 1 aliphatic rings. The molecule has 7 nitrogen and oxygen atoms in total. The minimum Gasteiger partial charge on any atom is -0.494 e. The Hall–Kier alpha value is -3.10. The maximum atomic E-state index is 12.6. The Bertz CT molecular complexity index is 1050. The monoisotopic (exact) mass is 450 g/mol. The Morgan fingerprint density at radius 3 is 2.84 bits per heavy atom. The largest absolute Gasteiger partial charge is 0.494 e. The fourth-order valence-corrected chi connectivity index (χ4v) is 4.47. The standard InChI is InChI=1S/C24H26N4O3S/c1-17(29)18-5-7-21(8-6-18)31-13-3-11-28-12-9-20(15-28)26-23(30)22-16-32-24(27-22)19-4-2-10-25-14-19/h2,4-8,10,14,16,20H,3,9,11-13,15H2,1H3,(H,26,30)/t20-/m0/s1. The smallest absolute Gasteiger partial charge is 0.271 e. The van der Waals surface area contributed by atoms with Gasteiger partial charge in [-0.3, -0.25) is 14.6 Å². The molecule has 0 saturated carbocycles. The van der Waals surface area contributed by atoms with Gasteiger partial charge in [0.25, 0.3) is 5.91 Å². The van der Waals surface area contributed by atoms with Crippen LogP contribution in [0.1, 0.15) is 40.6 Å². The van der Waals surface area contributed by atoms with Gasteiger partial charge in [-0.25, -0.2) is 4.98 Å². The maximum Gasteiger partial charge on any atom is 0.271 e. The molecular formula is C24H26N4O3S. The molecule has 3 aromatic rings. The molecule has 4 rings (SSSR count). The average molecular weight is 451 g/mol. The van der Waals surface area contributed by atoms with E-state index in [-0.39, 0.29) is 17.7 Å². The number of hydrogen-bond acceptors (Lipinski definition) is 7. The molecule has 1 N–H and O–H groups in total. The second-order valence-electron chi connectivity index (χ2n) is 7.82. The average Bonchev–Trinajstić information content (AvgIpc) is 3.48. The summed E-state index contributed by atoms with van der Waals surface area (Å²) < 4.78 is 5.77. The van der Waals surface area contributed by atoms with Crippen LogP contribution in [0.5, 0.6) is 5.75 Å². The van der Waals surface area contributed by atoms with Crippen LogP contribution in [0.25, 0.3) is 10.6 Å². The number of ether oxygens (including phenoxy) is 1. The summed E-state index contributed by atoms with van der Waals surface area (Å²) in [5.41, 5.74) is 2.06. The van der Waals surface area contributed by atoms with Crippen LogP contribution < -0.4 is 10.1 Å². The van der Waals surface area contributed by atoms with Crippen molar-refractivity contribution in [2.24, 2.45) is 0 Å². The van der Waals surface area contributed by atoms with Crippen LogP contribution in [0, 0.1) is 0 Å². The fraction of sp³-hybridized carbons (Fsp3) is 0.333. The van der Waals surface area contributed by atoms with Crippen molar-refractivity contribution in [1.29, 1.82) is 0 Å². The van der Waals surface area contributed by atoms with E-state index >= 15 is 0 Å². The van der Waals surface area contributed by atoms with Gasteiger partial charge in [-0.1, -0.05) is 0 Å². The highest BCUT2D eigenvalue weighted by Gasteiger charge is 2.24. The summed E-state index contributed by atoms with van der Waals surface area (Å²) in [6.45, 7) is 4.87. The van der Waals surface area contributed by atoms with Crippen LogP contribution in [0.2, 0.25) is 0 Å². The van der Waals surface area contributed by atoms with E-state index in [1.165, 1.54) is 11.3 Å². The molecule has 32 heavy (non-hydrogen) atoms. The van der Waals surface area contributed by atoms with E-state index in [0.29, 0.717) is 17.9 Å². The predicted molar refractivity (Wildman–Crippen MR) is 124 cm³/mol. The second-order valence-corrected chi connectivity index (χ2v) is 8.68. The van der Waals surface area contributed by atoms with Crippen LogP contribution in [-0.4, -0.2) is 58.8 Å². The first-order valence-electron chi connectivity index (χ1n) is 10.7. The lowest BCUT2D eigenvalue weighted by Crippen LogP contribution is -2.37. The van der Waals surface area contributed by atoms with Gasteiger partial charge in [0.15, 0.2) is 5.78 Å². The van der Waals surface area contributed by atoms with Crippen LogP contribution in [-0.2, 0) is 0 Å². The van der Waals surface area contributed by atoms with Gasteiger partial charge in [-0.15, -0.1) is 11.3 Å². The summed E-state index contributed by atoms with van der Waals surface area (Å²) in [5.74, 6) is 0.701. The predicted octanol–water partition coefficient (Wildman–Crippen LogP) is 3.68. The van der Waals surface area contributed by atoms with Gasteiger partial charge in [-0.2, -0.15) is 0 Å². The SMILES string of the molecule is CC(=O)c1ccc(OCCCN2CC[C@H](NC(=O)c3csc(-c4cccnc4)n3)C2)cc1. The summed E-state index contributed by atoms with van der Waals surface area (Å²) in [7, 11) is 0. The number of thiazole rings is 1. The van der Waals surface area contributed by atoms with Crippen LogP contribution in [0.15, 0.2) is 54.2 Å². The molecule has 1 amide bonds. The molecule has 0 bridgehead atoms. The molecule has 3 heterocycles. The number of ketones is 1. The van der Waals surface area contributed by atoms with Gasteiger partial charge in [0.05, 0.1) is 6.61 Å². The Balaban J connectivity index is 1.17. The van der Waals surface area contributed by atoms with E-state index in [4.69, 9.17) is 4.74 Å². The molecule has 1 fully saturated rings. The van der Waals surface area contributed by atoms with Crippen molar-refractivity contribution < 1.29 is 14.3 Å². The quantitative estimate of drug-likeness (QED) is 0.395. The molecule has 166 valence electrons. The molecular weight excluding hydrogens is 424 g/mol. The number of aromatic nitrogens is 2. The zero-order valence-electron chi connectivity index (χ0n) is 18.0. The van der Waals surface area contributed by atoms with Crippen molar-refractivity contribution in [2.45, 2.75) is 25.8 Å². The molecule has 2 aromatic heterocycles. The minimum absolute atomic E-state index is 0.0518. The van der Waals surface area contributed by atoms with Crippen LogP contribution >= 0.6 is 11.3 Å². The number of amides is 1. The second kappa shape index (κ2) is 10.5. The molecule has 1 saturated heterocycles. The number of carbonyl (C=O) groups is 2. The number of pyridine rings is 1. The summed E-state index contributed by atoms with van der Waals surface area (Å²) in [5, 5.41) is 5.70. The first-order chi connectivity index (χ1) is 15.6. The molecule has 0 spiro atoms. The number of likely N-dealkylation sites (tertiary alicyclic amines) is 1. The van der Waals surface area contributed by atoms with E-state index in [1.54, 1.807) is 36.8 Å². The zero-order valence-corrected chi connectivity index (χ0v) is 18.8. The van der Waals surface area contributed by atoms with Crippen molar-refractivity contribution in [3.8, 4) is 16.3 Å². The lowest BCUT2D eigenvalue weighted by atomic mass is 10.1. The Morgan fingerprint density at radius 2 is 2.09 bits per heavy atom. The maximum absolute atomic E-state index is 12.6. The fourth-order valence-electron chi connectivity index (χ4n) is 3.68. The molecule has 1 atom stereocenters. The number of hydrogen-bond donors (Lipinski definition) is 1. The molecule has 0 radical (unpaired) electrons. The number of Topliss-reactive ketones (excluding diaryl/α,β-unsaturated/α-hetero) is 1. The normalized spacial score (nSPS) is 16.1. The van der Waals surface area contributed by atoms with Crippen LogP contribution in [0.3, 0.4) is 0 Å². The molecule has 8 heteroatoms. The molecule has 0 unspecified atom stereocenters. The Kier molecular flexibility index (Phi) is 7.24. The zero-order chi connectivity index (χ0) is 22.3. The lowest BCUT2D eigenvalue weighted by Gasteiger charge is -2.16. The van der Waals surface area contributed by atoms with E-state index in [0.717, 1.165) is 48.8 Å². The third-order valence-corrected chi connectivity index (χ3v) is 6.29. The summed E-state index contributed by atoms with van der Waals surface area (Å²) in [6, 6.07) is 11.2. The summed E-state index contributed by atoms with van der Waals surface area (Å²) >= 11 is 1.45. The Labute approximate surface area is 191 Å². The van der Waals surface area contributed by atoms with Gasteiger partial charge in [-0.05, 0) is 56.2 Å². The topological polar surface area (TPSA) is 84.4 Å². The van der Waals surface area contributed by atoms with Crippen molar-refractivity contribution in [2.75, 3.05) is 26.2 Å². The van der Waals surface area contributed by atoms with Crippen molar-refractivity contribution in [3.63, 3.8) is 0 Å². The summed E-state index contributed by atoms with van der Waals surface area (Å²) in [4.78, 5) is 34.8. The summed E-state index contributed by atoms with van der Waals surface area (Å²) in [6.07, 6.45) is 5.30. The highest BCUT2D eigenvalue weighted by atomic mass is 32.1. The lowest BCUT2D eigenvalue weighted by molar-refractivity contribution is 0.0932. The molecule has 1 aromatic carbocycles. The van der Waals surface area contributed by atoms with Crippen molar-refractivity contribution in [3.05, 3.63) is 65.4 Å². The van der Waals surface area contributed by atoms with Crippen molar-refractivity contribution in [1.82, 2.24) is 20.2 Å². The van der Waals surface area contributed by atoms with E-state index in [1.807, 2.05) is 24.3 Å². The van der Waals surface area contributed by atoms with Gasteiger partial charge < -0.3 is 15.0 Å². The third-order valence-electron chi connectivity index (χ3n) is 5.40. The number of benzene rings is 1. The van der Waals surface area contributed by atoms with Gasteiger partial charge in [0.1, 0.15) is 16.5 Å². The van der Waals surface area contributed by atoms with Crippen LogP contribution in [0.4, 0.5) is 0 Å². The highest BCUT2D eigenvalue weighted by Crippen LogP contribution is 2.23. The minimum atomic E-state index is -0.124. The van der Waals surface area contributed by atoms with E-state index in [9.17, 15) is 9.59 Å². The van der Waals surface area contributed by atoms with Crippen molar-refractivity contribution >= 4 is 23.0 Å². The number of nitrogens with one attached hydrogen (secondary N) is 1. The van der Waals surface area contributed by atoms with Gasteiger partial charge in [0, 0.05) is 54.6 Å². The number of carbonyl (C=O) groups excluding carboxylic acids is 2. The van der Waals surface area contributed by atoms with E-state index in [2.05, 4.69) is 20.2 Å². The highest BCUT2D eigenvalue weighted by molar-refractivity contribution is 7.13. The number of nitrogens with zero attached hydrogens (tertiary/aromatic N) is 3. The first kappa shape index (κ1) is 22.1. The molecule has 1 aliphatic heterocycles. The third kappa shape index (κ3) is 5.77. The first-order valence-corrected chi connectivity index (χ1v) is 11.6. The number of rotatable bonds is 9. The van der Waals surface area contributed by atoms with Gasteiger partial charge >= 0.3 is 0 Å². The Morgan fingerprint density at radius 1 is 1.25 bits per heavy atom.